The van der Waals surface area contributed by atoms with Gasteiger partial charge in [0.1, 0.15) is 5.75 Å². The Hall–Kier alpha value is -1.94. The predicted molar refractivity (Wildman–Crippen MR) is 111 cm³/mol. The fourth-order valence-corrected chi connectivity index (χ4v) is 3.56. The summed E-state index contributed by atoms with van der Waals surface area (Å²) < 4.78 is 5.89. The van der Waals surface area contributed by atoms with E-state index in [0.29, 0.717) is 6.54 Å². The van der Waals surface area contributed by atoms with Gasteiger partial charge in [-0.05, 0) is 62.9 Å². The van der Waals surface area contributed by atoms with Gasteiger partial charge >= 0.3 is 0 Å². The average Bonchev–Trinajstić information content (AvgIpc) is 2.58. The number of carbonyl (C=O) groups excluding carboxylic acids is 1. The molecule has 0 radical (unpaired) electrons. The van der Waals surface area contributed by atoms with E-state index in [9.17, 15) is 4.79 Å². The van der Waals surface area contributed by atoms with E-state index < -0.39 is 6.10 Å². The van der Waals surface area contributed by atoms with Gasteiger partial charge in [0.05, 0.1) is 0 Å². The fourth-order valence-electron chi connectivity index (χ4n) is 2.75. The van der Waals surface area contributed by atoms with Gasteiger partial charge in [-0.25, -0.2) is 0 Å². The molecule has 0 heterocycles. The molecule has 0 saturated carbocycles. The van der Waals surface area contributed by atoms with Crippen LogP contribution in [0.1, 0.15) is 34.7 Å². The second kappa shape index (κ2) is 9.67. The number of nitrogens with one attached hydrogen (secondary N) is 1. The van der Waals surface area contributed by atoms with Crippen LogP contribution >= 0.6 is 11.8 Å². The summed E-state index contributed by atoms with van der Waals surface area (Å²) in [7, 11) is 0. The highest BCUT2D eigenvalue weighted by molar-refractivity contribution is 7.98. The number of ether oxygens (including phenoxy) is 1. The third-order valence-corrected chi connectivity index (χ3v) is 5.36. The molecular weight excluding hydrogens is 342 g/mol. The molecule has 1 N–H and O–H groups in total. The zero-order chi connectivity index (χ0) is 19.1. The van der Waals surface area contributed by atoms with Gasteiger partial charge < -0.3 is 10.1 Å². The lowest BCUT2D eigenvalue weighted by molar-refractivity contribution is -0.127. The highest BCUT2D eigenvalue weighted by Crippen LogP contribution is 2.24. The first-order chi connectivity index (χ1) is 12.4. The number of amides is 1. The van der Waals surface area contributed by atoms with Crippen molar-refractivity contribution in [2.75, 3.05) is 12.3 Å². The lowest BCUT2D eigenvalue weighted by Gasteiger charge is -2.18. The van der Waals surface area contributed by atoms with E-state index >= 15 is 0 Å². The van der Waals surface area contributed by atoms with Crippen molar-refractivity contribution in [3.05, 3.63) is 64.2 Å². The molecule has 2 aromatic rings. The number of hydrogen-bond donors (Lipinski definition) is 1. The molecule has 1 unspecified atom stereocenters. The Kier molecular flexibility index (Phi) is 7.58. The largest absolute Gasteiger partial charge is 0.481 e. The van der Waals surface area contributed by atoms with E-state index in [2.05, 4.69) is 49.5 Å². The predicted octanol–water partition coefficient (Wildman–Crippen LogP) is 4.74. The van der Waals surface area contributed by atoms with Crippen LogP contribution in [0.15, 0.2) is 36.4 Å². The van der Waals surface area contributed by atoms with Crippen LogP contribution in [0.3, 0.4) is 0 Å². The highest BCUT2D eigenvalue weighted by Gasteiger charge is 2.16. The van der Waals surface area contributed by atoms with Crippen LogP contribution in [0.4, 0.5) is 0 Å². The smallest absolute Gasteiger partial charge is 0.260 e. The van der Waals surface area contributed by atoms with Crippen LogP contribution in [-0.4, -0.2) is 24.3 Å². The molecule has 0 aliphatic carbocycles. The zero-order valence-corrected chi connectivity index (χ0v) is 17.2. The van der Waals surface area contributed by atoms with Gasteiger partial charge in [0.15, 0.2) is 6.10 Å². The summed E-state index contributed by atoms with van der Waals surface area (Å²) >= 11 is 1.82. The second-order valence-corrected chi connectivity index (χ2v) is 7.90. The maximum absolute atomic E-state index is 12.3. The Balaban J connectivity index is 1.74. The summed E-state index contributed by atoms with van der Waals surface area (Å²) in [5, 5.41) is 2.96. The van der Waals surface area contributed by atoms with Crippen LogP contribution in [0, 0.1) is 27.7 Å². The van der Waals surface area contributed by atoms with E-state index in [1.54, 1.807) is 6.92 Å². The molecule has 0 bridgehead atoms. The third kappa shape index (κ3) is 6.10. The molecule has 0 saturated heterocycles. The van der Waals surface area contributed by atoms with Crippen molar-refractivity contribution in [2.24, 2.45) is 0 Å². The van der Waals surface area contributed by atoms with Crippen LogP contribution in [-0.2, 0) is 10.5 Å². The number of carbonyl (C=O) groups is 1. The van der Waals surface area contributed by atoms with Crippen LogP contribution < -0.4 is 10.1 Å². The molecule has 1 amide bonds. The average molecular weight is 372 g/mol. The standard InChI is InChI=1S/C22H29NO2S/c1-15-7-6-8-20(12-15)14-26-10-9-23-22(24)19(5)25-21-13-16(2)11-17(3)18(21)4/h6-8,11-13,19H,9-10,14H2,1-5H3,(H,23,24). The van der Waals surface area contributed by atoms with Crippen molar-refractivity contribution >= 4 is 17.7 Å². The van der Waals surface area contributed by atoms with Crippen molar-refractivity contribution in [3.63, 3.8) is 0 Å². The van der Waals surface area contributed by atoms with Crippen molar-refractivity contribution in [2.45, 2.75) is 46.5 Å². The summed E-state index contributed by atoms with van der Waals surface area (Å²) in [5.41, 5.74) is 6.01. The molecule has 0 aliphatic heterocycles. The minimum atomic E-state index is -0.503. The molecule has 0 aromatic heterocycles. The Morgan fingerprint density at radius 1 is 1.12 bits per heavy atom. The quantitative estimate of drug-likeness (QED) is 0.681. The number of rotatable bonds is 8. The maximum atomic E-state index is 12.3. The van der Waals surface area contributed by atoms with E-state index in [1.165, 1.54) is 16.7 Å². The van der Waals surface area contributed by atoms with Crippen LogP contribution in [0.5, 0.6) is 5.75 Å². The second-order valence-electron chi connectivity index (χ2n) is 6.80. The lowest BCUT2D eigenvalue weighted by atomic mass is 10.1. The fraction of sp³-hybridized carbons (Fsp3) is 0.409. The van der Waals surface area contributed by atoms with E-state index in [0.717, 1.165) is 28.4 Å². The van der Waals surface area contributed by atoms with E-state index in [4.69, 9.17) is 4.74 Å². The lowest BCUT2D eigenvalue weighted by Crippen LogP contribution is -2.37. The van der Waals surface area contributed by atoms with Gasteiger partial charge in [-0.2, -0.15) is 11.8 Å². The summed E-state index contributed by atoms with van der Waals surface area (Å²) in [6, 6.07) is 12.6. The molecule has 0 fully saturated rings. The summed E-state index contributed by atoms with van der Waals surface area (Å²) in [6.07, 6.45) is -0.503. The number of benzene rings is 2. The molecule has 0 aliphatic rings. The zero-order valence-electron chi connectivity index (χ0n) is 16.4. The third-order valence-electron chi connectivity index (χ3n) is 4.33. The molecule has 1 atom stereocenters. The van der Waals surface area contributed by atoms with Crippen molar-refractivity contribution in [1.29, 1.82) is 0 Å². The molecule has 2 aromatic carbocycles. The SMILES string of the molecule is Cc1cccc(CSCCNC(=O)C(C)Oc2cc(C)cc(C)c2C)c1. The van der Waals surface area contributed by atoms with Gasteiger partial charge in [0.25, 0.3) is 5.91 Å². The Morgan fingerprint density at radius 2 is 1.88 bits per heavy atom. The van der Waals surface area contributed by atoms with Gasteiger partial charge in [-0.3, -0.25) is 4.79 Å². The number of aryl methyl sites for hydroxylation is 3. The highest BCUT2D eigenvalue weighted by atomic mass is 32.2. The monoisotopic (exact) mass is 371 g/mol. The van der Waals surface area contributed by atoms with E-state index in [-0.39, 0.29) is 5.91 Å². The van der Waals surface area contributed by atoms with Gasteiger partial charge in [-0.1, -0.05) is 35.9 Å². The van der Waals surface area contributed by atoms with Gasteiger partial charge in [0, 0.05) is 18.1 Å². The summed E-state index contributed by atoms with van der Waals surface area (Å²) in [6.45, 7) is 10.7. The molecule has 0 spiro atoms. The van der Waals surface area contributed by atoms with Crippen molar-refractivity contribution in [1.82, 2.24) is 5.32 Å². The maximum Gasteiger partial charge on any atom is 0.260 e. The number of thioether (sulfide) groups is 1. The normalized spacial score (nSPS) is 11.9. The summed E-state index contributed by atoms with van der Waals surface area (Å²) in [4.78, 5) is 12.3. The van der Waals surface area contributed by atoms with Crippen LogP contribution in [0.2, 0.25) is 0 Å². The van der Waals surface area contributed by atoms with Gasteiger partial charge in [0.2, 0.25) is 0 Å². The molecule has 26 heavy (non-hydrogen) atoms. The first-order valence-electron chi connectivity index (χ1n) is 9.02. The van der Waals surface area contributed by atoms with Crippen LogP contribution in [0.25, 0.3) is 0 Å². The molecule has 140 valence electrons. The van der Waals surface area contributed by atoms with E-state index in [1.807, 2.05) is 31.7 Å². The Labute approximate surface area is 161 Å². The topological polar surface area (TPSA) is 38.3 Å². The van der Waals surface area contributed by atoms with Crippen molar-refractivity contribution in [3.8, 4) is 5.75 Å². The molecule has 3 nitrogen and oxygen atoms in total. The summed E-state index contributed by atoms with van der Waals surface area (Å²) in [5.74, 6) is 2.57. The molecule has 2 rings (SSSR count). The molecule has 4 heteroatoms. The Morgan fingerprint density at radius 3 is 2.62 bits per heavy atom. The number of hydrogen-bond acceptors (Lipinski definition) is 3. The molecular formula is C22H29NO2S. The van der Waals surface area contributed by atoms with Gasteiger partial charge in [-0.15, -0.1) is 0 Å². The minimum Gasteiger partial charge on any atom is -0.481 e. The first-order valence-corrected chi connectivity index (χ1v) is 10.2. The Bertz CT molecular complexity index is 758. The first kappa shape index (κ1) is 20.4. The van der Waals surface area contributed by atoms with Crippen molar-refractivity contribution < 1.29 is 9.53 Å². The minimum absolute atomic E-state index is 0.0697.